The molecule has 27 heavy (non-hydrogen) atoms. The molecule has 0 atom stereocenters. The van der Waals surface area contributed by atoms with E-state index < -0.39 is 0 Å². The first kappa shape index (κ1) is 17.1. The van der Waals surface area contributed by atoms with Gasteiger partial charge in [0.1, 0.15) is 17.9 Å². The van der Waals surface area contributed by atoms with Crippen LogP contribution in [0.2, 0.25) is 0 Å². The maximum atomic E-state index is 5.57. The molecule has 5 nitrogen and oxygen atoms in total. The summed E-state index contributed by atoms with van der Waals surface area (Å²) in [5.41, 5.74) is 4.18. The van der Waals surface area contributed by atoms with E-state index in [1.54, 1.807) is 6.33 Å². The van der Waals surface area contributed by atoms with Gasteiger partial charge in [-0.3, -0.25) is 0 Å². The highest BCUT2D eigenvalue weighted by Crippen LogP contribution is 2.36. The molecule has 0 aliphatic carbocycles. The summed E-state index contributed by atoms with van der Waals surface area (Å²) >= 11 is 0. The van der Waals surface area contributed by atoms with Crippen LogP contribution in [-0.4, -0.2) is 35.2 Å². The van der Waals surface area contributed by atoms with Gasteiger partial charge in [-0.05, 0) is 36.8 Å². The number of anilines is 1. The molecule has 5 heteroatoms. The molecule has 0 aliphatic rings. The van der Waals surface area contributed by atoms with E-state index in [9.17, 15) is 0 Å². The Morgan fingerprint density at radius 1 is 0.963 bits per heavy atom. The highest BCUT2D eigenvalue weighted by Gasteiger charge is 2.18. The second-order valence-corrected chi connectivity index (χ2v) is 6.50. The van der Waals surface area contributed by atoms with E-state index in [1.807, 2.05) is 44.1 Å². The van der Waals surface area contributed by atoms with Crippen molar-refractivity contribution in [1.29, 1.82) is 0 Å². The molecule has 0 aliphatic heterocycles. The fourth-order valence-corrected chi connectivity index (χ4v) is 3.29. The zero-order valence-corrected chi connectivity index (χ0v) is 15.8. The zero-order chi connectivity index (χ0) is 18.8. The predicted octanol–water partition coefficient (Wildman–Crippen LogP) is 4.55. The van der Waals surface area contributed by atoms with Crippen LogP contribution < -0.4 is 9.64 Å². The molecule has 2 aromatic carbocycles. The van der Waals surface area contributed by atoms with Crippen molar-refractivity contribution in [3.8, 4) is 22.6 Å². The van der Waals surface area contributed by atoms with Crippen LogP contribution in [0.3, 0.4) is 0 Å². The zero-order valence-electron chi connectivity index (χ0n) is 15.8. The van der Waals surface area contributed by atoms with Crippen molar-refractivity contribution in [2.75, 3.05) is 25.6 Å². The molecule has 0 bridgehead atoms. The number of ether oxygens (including phenoxy) is 1. The van der Waals surface area contributed by atoms with Crippen molar-refractivity contribution in [1.82, 2.24) is 14.5 Å². The molecule has 0 saturated carbocycles. The van der Waals surface area contributed by atoms with Gasteiger partial charge in [-0.1, -0.05) is 30.3 Å². The van der Waals surface area contributed by atoms with Crippen molar-refractivity contribution >= 4 is 16.9 Å². The van der Waals surface area contributed by atoms with Gasteiger partial charge in [0.2, 0.25) is 0 Å². The number of hydrogen-bond acceptors (Lipinski definition) is 4. The van der Waals surface area contributed by atoms with E-state index in [-0.39, 0.29) is 0 Å². The number of benzene rings is 2. The Labute approximate surface area is 158 Å². The van der Waals surface area contributed by atoms with Crippen LogP contribution in [0.5, 0.6) is 5.75 Å². The molecule has 136 valence electrons. The van der Waals surface area contributed by atoms with Gasteiger partial charge in [0.15, 0.2) is 5.65 Å². The SMILES string of the molecule is CCOc1ccc(-n2cc(-c3ccccc3)c3c(N(C)C)ncnc32)cc1. The lowest BCUT2D eigenvalue weighted by atomic mass is 10.1. The van der Waals surface area contributed by atoms with Crippen LogP contribution in [0.15, 0.2) is 67.1 Å². The van der Waals surface area contributed by atoms with E-state index in [0.29, 0.717) is 6.61 Å². The van der Waals surface area contributed by atoms with Crippen LogP contribution in [0.1, 0.15) is 6.92 Å². The predicted molar refractivity (Wildman–Crippen MR) is 110 cm³/mol. The Hall–Kier alpha value is -3.34. The average Bonchev–Trinajstić information content (AvgIpc) is 3.09. The molecule has 4 rings (SSSR count). The van der Waals surface area contributed by atoms with Crippen molar-refractivity contribution in [3.05, 3.63) is 67.1 Å². The Morgan fingerprint density at radius 3 is 2.37 bits per heavy atom. The molecule has 2 heterocycles. The quantitative estimate of drug-likeness (QED) is 0.525. The smallest absolute Gasteiger partial charge is 0.150 e. The fraction of sp³-hybridized carbons (Fsp3) is 0.182. The van der Waals surface area contributed by atoms with Gasteiger partial charge >= 0.3 is 0 Å². The summed E-state index contributed by atoms with van der Waals surface area (Å²) in [6.45, 7) is 2.64. The van der Waals surface area contributed by atoms with Gasteiger partial charge in [0.05, 0.1) is 12.0 Å². The van der Waals surface area contributed by atoms with Gasteiger partial charge in [-0.15, -0.1) is 0 Å². The molecule has 0 radical (unpaired) electrons. The summed E-state index contributed by atoms with van der Waals surface area (Å²) in [6, 6.07) is 18.4. The molecule has 0 unspecified atom stereocenters. The summed E-state index contributed by atoms with van der Waals surface area (Å²) in [5.74, 6) is 1.77. The summed E-state index contributed by atoms with van der Waals surface area (Å²) in [4.78, 5) is 11.1. The topological polar surface area (TPSA) is 43.2 Å². The minimum absolute atomic E-state index is 0.656. The van der Waals surface area contributed by atoms with Crippen LogP contribution in [0, 0.1) is 0 Å². The summed E-state index contributed by atoms with van der Waals surface area (Å²) in [7, 11) is 4.01. The first-order valence-electron chi connectivity index (χ1n) is 9.01. The van der Waals surface area contributed by atoms with Crippen LogP contribution in [0.4, 0.5) is 5.82 Å². The van der Waals surface area contributed by atoms with Crippen LogP contribution >= 0.6 is 0 Å². The Bertz CT molecular complexity index is 1050. The molecule has 0 spiro atoms. The van der Waals surface area contributed by atoms with E-state index in [4.69, 9.17) is 4.74 Å². The van der Waals surface area contributed by atoms with Gasteiger partial charge in [0.25, 0.3) is 0 Å². The first-order valence-corrected chi connectivity index (χ1v) is 9.01. The molecular weight excluding hydrogens is 336 g/mol. The van der Waals surface area contributed by atoms with Gasteiger partial charge in [-0.25, -0.2) is 9.97 Å². The second-order valence-electron chi connectivity index (χ2n) is 6.50. The van der Waals surface area contributed by atoms with Gasteiger partial charge < -0.3 is 14.2 Å². The van der Waals surface area contributed by atoms with E-state index in [0.717, 1.165) is 39.4 Å². The standard InChI is InChI=1S/C22H22N4O/c1-4-27-18-12-10-17(11-13-18)26-14-19(16-8-6-5-7-9-16)20-21(25(2)3)23-15-24-22(20)26/h5-15H,4H2,1-3H3. The maximum absolute atomic E-state index is 5.57. The third-order valence-corrected chi connectivity index (χ3v) is 4.50. The molecule has 4 aromatic rings. The number of nitrogens with zero attached hydrogens (tertiary/aromatic N) is 4. The minimum atomic E-state index is 0.656. The largest absolute Gasteiger partial charge is 0.494 e. The molecule has 0 fully saturated rings. The molecule has 0 saturated heterocycles. The van der Waals surface area contributed by atoms with E-state index in [2.05, 4.69) is 57.1 Å². The third kappa shape index (κ3) is 3.12. The summed E-state index contributed by atoms with van der Waals surface area (Å²) in [5, 5.41) is 1.04. The average molecular weight is 358 g/mol. The first-order chi connectivity index (χ1) is 13.2. The number of aromatic nitrogens is 3. The highest BCUT2D eigenvalue weighted by molar-refractivity contribution is 6.02. The normalized spacial score (nSPS) is 10.9. The van der Waals surface area contributed by atoms with E-state index >= 15 is 0 Å². The molecule has 0 N–H and O–H groups in total. The molecular formula is C22H22N4O. The van der Waals surface area contributed by atoms with Crippen LogP contribution in [-0.2, 0) is 0 Å². The number of rotatable bonds is 5. The monoisotopic (exact) mass is 358 g/mol. The summed E-state index contributed by atoms with van der Waals surface area (Å²) < 4.78 is 7.68. The van der Waals surface area contributed by atoms with Crippen LogP contribution in [0.25, 0.3) is 27.8 Å². The lowest BCUT2D eigenvalue weighted by Gasteiger charge is -2.13. The number of fused-ring (bicyclic) bond motifs is 1. The Balaban J connectivity index is 1.95. The van der Waals surface area contributed by atoms with Crippen molar-refractivity contribution in [2.24, 2.45) is 0 Å². The maximum Gasteiger partial charge on any atom is 0.150 e. The van der Waals surface area contributed by atoms with Gasteiger partial charge in [-0.2, -0.15) is 0 Å². The van der Waals surface area contributed by atoms with E-state index in [1.165, 1.54) is 0 Å². The lowest BCUT2D eigenvalue weighted by Crippen LogP contribution is -2.11. The lowest BCUT2D eigenvalue weighted by molar-refractivity contribution is 0.340. The summed E-state index contributed by atoms with van der Waals surface area (Å²) in [6.07, 6.45) is 3.76. The Kier molecular flexibility index (Phi) is 4.50. The second kappa shape index (κ2) is 7.11. The van der Waals surface area contributed by atoms with Crippen molar-refractivity contribution < 1.29 is 4.74 Å². The minimum Gasteiger partial charge on any atom is -0.494 e. The number of hydrogen-bond donors (Lipinski definition) is 0. The van der Waals surface area contributed by atoms with Crippen molar-refractivity contribution in [3.63, 3.8) is 0 Å². The molecule has 2 aromatic heterocycles. The fourth-order valence-electron chi connectivity index (χ4n) is 3.29. The van der Waals surface area contributed by atoms with Crippen molar-refractivity contribution in [2.45, 2.75) is 6.92 Å². The molecule has 0 amide bonds. The van der Waals surface area contributed by atoms with Gasteiger partial charge in [0, 0.05) is 31.5 Å². The highest BCUT2D eigenvalue weighted by atomic mass is 16.5. The Morgan fingerprint density at radius 2 is 1.70 bits per heavy atom. The third-order valence-electron chi connectivity index (χ3n) is 4.50.